The lowest BCUT2D eigenvalue weighted by Crippen LogP contribution is -2.41. The summed E-state index contributed by atoms with van der Waals surface area (Å²) in [5.41, 5.74) is 1.72. The van der Waals surface area contributed by atoms with Gasteiger partial charge in [-0.25, -0.2) is 0 Å². The number of fused-ring (bicyclic) bond motifs is 3. The minimum Gasteiger partial charge on any atom is -0.318 e. The van der Waals surface area contributed by atoms with Crippen molar-refractivity contribution in [1.29, 1.82) is 0 Å². The van der Waals surface area contributed by atoms with Crippen molar-refractivity contribution in [3.8, 4) is 0 Å². The molecule has 2 atom stereocenters. The molecule has 0 radical (unpaired) electrons. The molecule has 3 rings (SSSR count). The number of rotatable bonds is 0. The molecule has 0 N–H and O–H groups in total. The van der Waals surface area contributed by atoms with E-state index >= 15 is 0 Å². The van der Waals surface area contributed by atoms with Crippen molar-refractivity contribution in [3.63, 3.8) is 0 Å². The van der Waals surface area contributed by atoms with Crippen molar-refractivity contribution >= 4 is 16.9 Å². The largest absolute Gasteiger partial charge is 0.318 e. The molecule has 3 aliphatic rings. The third-order valence-corrected chi connectivity index (χ3v) is 4.67. The molecule has 2 aliphatic heterocycles. The van der Waals surface area contributed by atoms with Crippen molar-refractivity contribution in [3.05, 3.63) is 11.1 Å². The number of amidine groups is 1. The smallest absolute Gasteiger partial charge is 0.168 e. The molecular formula is C13H20N2S. The maximum absolute atomic E-state index is 4.89. The summed E-state index contributed by atoms with van der Waals surface area (Å²) in [4.78, 5) is 7.43. The highest BCUT2D eigenvalue weighted by Gasteiger charge is 2.44. The van der Waals surface area contributed by atoms with Gasteiger partial charge in [0.1, 0.15) is 0 Å². The Morgan fingerprint density at radius 2 is 2.06 bits per heavy atom. The first kappa shape index (κ1) is 10.7. The van der Waals surface area contributed by atoms with E-state index in [1.165, 1.54) is 36.5 Å². The summed E-state index contributed by atoms with van der Waals surface area (Å²) in [6.07, 6.45) is 5.36. The molecule has 0 spiro atoms. The average Bonchev–Trinajstić information content (AvgIpc) is 2.73. The van der Waals surface area contributed by atoms with Gasteiger partial charge in [0, 0.05) is 11.1 Å². The van der Waals surface area contributed by atoms with E-state index < -0.39 is 0 Å². The zero-order chi connectivity index (χ0) is 11.3. The molecule has 1 aliphatic carbocycles. The normalized spacial score (nSPS) is 33.3. The highest BCUT2D eigenvalue weighted by Crippen LogP contribution is 2.45. The summed E-state index contributed by atoms with van der Waals surface area (Å²) < 4.78 is 0. The van der Waals surface area contributed by atoms with E-state index in [4.69, 9.17) is 4.99 Å². The number of thioether (sulfide) groups is 1. The molecule has 0 amide bonds. The van der Waals surface area contributed by atoms with Gasteiger partial charge in [0.2, 0.25) is 0 Å². The van der Waals surface area contributed by atoms with Crippen LogP contribution in [0.25, 0.3) is 0 Å². The SMILES string of the molecule is CC(C)(C)C1=CSC2=NC3CCCCC3N12. The van der Waals surface area contributed by atoms with E-state index in [1.54, 1.807) is 0 Å². The number of hydrogen-bond donors (Lipinski definition) is 0. The zero-order valence-electron chi connectivity index (χ0n) is 10.4. The van der Waals surface area contributed by atoms with Crippen molar-refractivity contribution in [2.24, 2.45) is 10.4 Å². The van der Waals surface area contributed by atoms with Gasteiger partial charge in [-0.2, -0.15) is 0 Å². The van der Waals surface area contributed by atoms with Gasteiger partial charge in [-0.3, -0.25) is 4.99 Å². The molecule has 0 bridgehead atoms. The topological polar surface area (TPSA) is 15.6 Å². The summed E-state index contributed by atoms with van der Waals surface area (Å²) in [5, 5.41) is 3.57. The third kappa shape index (κ3) is 1.52. The number of hydrogen-bond acceptors (Lipinski definition) is 3. The van der Waals surface area contributed by atoms with Crippen molar-refractivity contribution < 1.29 is 0 Å². The van der Waals surface area contributed by atoms with Crippen LogP contribution >= 0.6 is 11.8 Å². The summed E-state index contributed by atoms with van der Waals surface area (Å²) in [6, 6.07) is 1.26. The zero-order valence-corrected chi connectivity index (χ0v) is 11.2. The molecule has 2 nitrogen and oxygen atoms in total. The van der Waals surface area contributed by atoms with Crippen LogP contribution < -0.4 is 0 Å². The maximum Gasteiger partial charge on any atom is 0.168 e. The van der Waals surface area contributed by atoms with Crippen molar-refractivity contribution in [2.75, 3.05) is 0 Å². The lowest BCUT2D eigenvalue weighted by molar-refractivity contribution is 0.248. The monoisotopic (exact) mass is 236 g/mol. The van der Waals surface area contributed by atoms with Crippen LogP contribution in [0.15, 0.2) is 16.1 Å². The van der Waals surface area contributed by atoms with E-state index in [-0.39, 0.29) is 5.41 Å². The second-order valence-electron chi connectivity index (χ2n) is 6.07. The average molecular weight is 236 g/mol. The van der Waals surface area contributed by atoms with Crippen LogP contribution in [-0.4, -0.2) is 22.2 Å². The van der Waals surface area contributed by atoms with Gasteiger partial charge in [-0.1, -0.05) is 45.4 Å². The Kier molecular flexibility index (Phi) is 2.36. The first-order valence-corrected chi connectivity index (χ1v) is 7.20. The summed E-state index contributed by atoms with van der Waals surface area (Å²) >= 11 is 1.83. The van der Waals surface area contributed by atoms with Gasteiger partial charge < -0.3 is 4.90 Å². The molecule has 3 heteroatoms. The number of allylic oxidation sites excluding steroid dienone is 1. The van der Waals surface area contributed by atoms with E-state index in [1.807, 2.05) is 11.8 Å². The fourth-order valence-electron chi connectivity index (χ4n) is 2.96. The number of nitrogens with zero attached hydrogens (tertiary/aromatic N) is 2. The van der Waals surface area contributed by atoms with Gasteiger partial charge >= 0.3 is 0 Å². The quantitative estimate of drug-likeness (QED) is 0.638. The predicted octanol–water partition coefficient (Wildman–Crippen LogP) is 3.60. The summed E-state index contributed by atoms with van der Waals surface area (Å²) in [6.45, 7) is 6.91. The Labute approximate surface area is 102 Å². The van der Waals surface area contributed by atoms with Crippen LogP contribution in [0.1, 0.15) is 46.5 Å². The van der Waals surface area contributed by atoms with E-state index in [9.17, 15) is 0 Å². The van der Waals surface area contributed by atoms with Gasteiger partial charge in [-0.05, 0) is 18.2 Å². The minimum absolute atomic E-state index is 0.247. The highest BCUT2D eigenvalue weighted by molar-refractivity contribution is 8.16. The maximum atomic E-state index is 4.89. The Morgan fingerprint density at radius 1 is 1.31 bits per heavy atom. The Morgan fingerprint density at radius 3 is 2.81 bits per heavy atom. The second-order valence-corrected chi connectivity index (χ2v) is 6.91. The molecule has 0 aromatic carbocycles. The van der Waals surface area contributed by atoms with Gasteiger partial charge in [0.25, 0.3) is 0 Å². The van der Waals surface area contributed by atoms with Crippen LogP contribution in [0.2, 0.25) is 0 Å². The van der Waals surface area contributed by atoms with E-state index in [2.05, 4.69) is 31.1 Å². The fraction of sp³-hybridized carbons (Fsp3) is 0.769. The van der Waals surface area contributed by atoms with Crippen molar-refractivity contribution in [2.45, 2.75) is 58.5 Å². The fourth-order valence-corrected chi connectivity index (χ4v) is 4.19. The van der Waals surface area contributed by atoms with Crippen LogP contribution in [0.3, 0.4) is 0 Å². The summed E-state index contributed by atoms with van der Waals surface area (Å²) in [5.74, 6) is 0. The van der Waals surface area contributed by atoms with Gasteiger partial charge in [-0.15, -0.1) is 0 Å². The molecule has 0 aromatic heterocycles. The van der Waals surface area contributed by atoms with Crippen LogP contribution in [0, 0.1) is 5.41 Å². The Bertz CT molecular complexity index is 365. The minimum atomic E-state index is 0.247. The van der Waals surface area contributed by atoms with Crippen LogP contribution in [0.5, 0.6) is 0 Å². The second kappa shape index (κ2) is 3.52. The Hall–Kier alpha value is -0.440. The third-order valence-electron chi connectivity index (χ3n) is 3.81. The van der Waals surface area contributed by atoms with Gasteiger partial charge in [0.15, 0.2) is 5.17 Å². The summed E-state index contributed by atoms with van der Waals surface area (Å²) in [7, 11) is 0. The predicted molar refractivity (Wildman–Crippen MR) is 70.4 cm³/mol. The van der Waals surface area contributed by atoms with E-state index in [0.717, 1.165) is 0 Å². The molecule has 0 aromatic rings. The molecular weight excluding hydrogens is 216 g/mol. The van der Waals surface area contributed by atoms with Crippen LogP contribution in [-0.2, 0) is 0 Å². The Balaban J connectivity index is 1.90. The van der Waals surface area contributed by atoms with Crippen molar-refractivity contribution in [1.82, 2.24) is 4.90 Å². The van der Waals surface area contributed by atoms with Gasteiger partial charge in [0.05, 0.1) is 12.1 Å². The molecule has 88 valence electrons. The molecule has 2 heterocycles. The molecule has 0 saturated heterocycles. The van der Waals surface area contributed by atoms with E-state index in [0.29, 0.717) is 12.1 Å². The highest BCUT2D eigenvalue weighted by atomic mass is 32.2. The molecule has 1 saturated carbocycles. The first-order valence-electron chi connectivity index (χ1n) is 6.32. The first-order chi connectivity index (χ1) is 7.57. The van der Waals surface area contributed by atoms with Crippen LogP contribution in [0.4, 0.5) is 0 Å². The molecule has 2 unspecified atom stereocenters. The number of aliphatic imine (C=N–C) groups is 1. The lowest BCUT2D eigenvalue weighted by Gasteiger charge is -2.36. The standard InChI is InChI=1S/C13H20N2S/c1-13(2,3)11-8-16-12-14-9-6-4-5-7-10(9)15(11)12/h8-10H,4-7H2,1-3H3. The lowest BCUT2D eigenvalue weighted by atomic mass is 9.87. The molecule has 16 heavy (non-hydrogen) atoms. The molecule has 1 fully saturated rings.